The number of carboxylic acids is 1. The summed E-state index contributed by atoms with van der Waals surface area (Å²) in [4.78, 5) is 35.9. The summed E-state index contributed by atoms with van der Waals surface area (Å²) in [5, 5.41) is 21.8. The lowest BCUT2D eigenvalue weighted by Crippen LogP contribution is -2.49. The fourth-order valence-corrected chi connectivity index (χ4v) is 3.98. The molecule has 0 aliphatic carbocycles. The van der Waals surface area contributed by atoms with E-state index in [1.165, 1.54) is 44.0 Å². The van der Waals surface area contributed by atoms with Gasteiger partial charge < -0.3 is 15.5 Å². The van der Waals surface area contributed by atoms with Crippen LogP contribution < -0.4 is 5.32 Å². The summed E-state index contributed by atoms with van der Waals surface area (Å²) < 4.78 is 38.0. The molecule has 0 saturated heterocycles. The Morgan fingerprint density at radius 1 is 0.949 bits per heavy atom. The Balaban J connectivity index is 2.43. The van der Waals surface area contributed by atoms with Crippen molar-refractivity contribution in [2.75, 3.05) is 0 Å². The molecule has 39 heavy (non-hydrogen) atoms. The zero-order chi connectivity index (χ0) is 29.3. The topological polar surface area (TPSA) is 104 Å². The monoisotopic (exact) mass is 552 g/mol. The van der Waals surface area contributed by atoms with Crippen molar-refractivity contribution in [1.82, 2.24) is 5.32 Å². The van der Waals surface area contributed by atoms with Crippen molar-refractivity contribution in [1.29, 1.82) is 0 Å². The highest BCUT2D eigenvalue weighted by atomic mass is 19.4. The molecule has 1 aromatic carbocycles. The molecular weight excluding hydrogens is 511 g/mol. The minimum Gasteiger partial charge on any atom is -0.479 e. The van der Waals surface area contributed by atoms with Crippen LogP contribution >= 0.6 is 0 Å². The number of Topliss-reactive ketones (excluding diaryl/α,β-unsaturated/α-hetero) is 1. The highest BCUT2D eigenvalue weighted by molar-refractivity contribution is 5.91. The van der Waals surface area contributed by atoms with Gasteiger partial charge in [0.05, 0.1) is 18.0 Å². The number of allylic oxidation sites excluding steroid dienone is 1. The lowest BCUT2D eigenvalue weighted by molar-refractivity contribution is -0.160. The minimum absolute atomic E-state index is 0.0811. The molecular formula is C30H41F3NO5. The van der Waals surface area contributed by atoms with E-state index < -0.39 is 35.1 Å². The molecule has 1 rings (SSSR count). The fraction of sp³-hybridized carbons (Fsp3) is 0.567. The minimum atomic E-state index is -4.45. The Morgan fingerprint density at radius 2 is 1.51 bits per heavy atom. The lowest BCUT2D eigenvalue weighted by atomic mass is 9.87. The second-order valence-electron chi connectivity index (χ2n) is 9.80. The molecule has 3 radical (unpaired) electrons. The highest BCUT2D eigenvalue weighted by Crippen LogP contribution is 2.29. The summed E-state index contributed by atoms with van der Waals surface area (Å²) >= 11 is 0. The van der Waals surface area contributed by atoms with Gasteiger partial charge in [0.25, 0.3) is 0 Å². The summed E-state index contributed by atoms with van der Waals surface area (Å²) in [6.45, 7) is 8.92. The number of aliphatic carboxylic acids is 1. The van der Waals surface area contributed by atoms with E-state index in [4.69, 9.17) is 6.92 Å². The van der Waals surface area contributed by atoms with Gasteiger partial charge in [-0.2, -0.15) is 13.2 Å². The molecule has 6 nitrogen and oxygen atoms in total. The van der Waals surface area contributed by atoms with Crippen molar-refractivity contribution in [3.05, 3.63) is 61.0 Å². The largest absolute Gasteiger partial charge is 0.479 e. The van der Waals surface area contributed by atoms with Crippen LogP contribution in [0, 0.1) is 19.4 Å². The molecule has 2 atom stereocenters. The van der Waals surface area contributed by atoms with Crippen LogP contribution in [0.4, 0.5) is 13.2 Å². The van der Waals surface area contributed by atoms with E-state index >= 15 is 0 Å². The van der Waals surface area contributed by atoms with Crippen LogP contribution in [0.1, 0.15) is 95.1 Å². The van der Waals surface area contributed by atoms with Crippen molar-refractivity contribution < 1.29 is 37.8 Å². The van der Waals surface area contributed by atoms with E-state index in [0.717, 1.165) is 50.7 Å². The maximum absolute atomic E-state index is 12.7. The van der Waals surface area contributed by atoms with Gasteiger partial charge in [-0.25, -0.2) is 4.79 Å². The second-order valence-corrected chi connectivity index (χ2v) is 9.80. The molecule has 0 spiro atoms. The first-order valence-electron chi connectivity index (χ1n) is 13.6. The molecule has 0 bridgehead atoms. The first-order chi connectivity index (χ1) is 18.4. The maximum Gasteiger partial charge on any atom is 0.416 e. The molecule has 0 saturated carbocycles. The van der Waals surface area contributed by atoms with Gasteiger partial charge in [0, 0.05) is 19.8 Å². The van der Waals surface area contributed by atoms with Crippen molar-refractivity contribution in [2.24, 2.45) is 5.92 Å². The number of hydrogen-bond acceptors (Lipinski definition) is 4. The third kappa shape index (κ3) is 13.8. The molecule has 3 N–H and O–H groups in total. The number of benzene rings is 1. The molecule has 0 aliphatic heterocycles. The quantitative estimate of drug-likeness (QED) is 0.127. The molecule has 1 amide bonds. The number of nitrogens with one attached hydrogen (secondary N) is 1. The number of carboxylic acid groups (broad SMARTS) is 1. The van der Waals surface area contributed by atoms with E-state index in [1.54, 1.807) is 6.08 Å². The van der Waals surface area contributed by atoms with Gasteiger partial charge in [0.15, 0.2) is 5.60 Å². The first-order valence-corrected chi connectivity index (χ1v) is 13.6. The molecule has 0 fully saturated rings. The zero-order valence-electron chi connectivity index (χ0n) is 22.6. The lowest BCUT2D eigenvalue weighted by Gasteiger charge is -2.25. The summed E-state index contributed by atoms with van der Waals surface area (Å²) in [5.41, 5.74) is -3.15. The Morgan fingerprint density at radius 3 is 2.05 bits per heavy atom. The normalized spacial score (nSPS) is 14.2. The van der Waals surface area contributed by atoms with Crippen LogP contribution in [-0.2, 0) is 27.0 Å². The average Bonchev–Trinajstić information content (AvgIpc) is 2.87. The summed E-state index contributed by atoms with van der Waals surface area (Å²) in [7, 11) is 0. The van der Waals surface area contributed by atoms with Gasteiger partial charge in [-0.3, -0.25) is 9.59 Å². The number of aliphatic hydroxyl groups is 1. The summed E-state index contributed by atoms with van der Waals surface area (Å²) in [6.07, 6.45) is 9.14. The van der Waals surface area contributed by atoms with Gasteiger partial charge in [-0.1, -0.05) is 69.7 Å². The van der Waals surface area contributed by atoms with Crippen LogP contribution in [-0.4, -0.2) is 33.5 Å². The number of alkyl halides is 3. The number of rotatable bonds is 20. The Labute approximate surface area is 230 Å². The Kier molecular flexibility index (Phi) is 15.7. The zero-order valence-corrected chi connectivity index (χ0v) is 22.6. The maximum atomic E-state index is 12.7. The Bertz CT molecular complexity index is 910. The van der Waals surface area contributed by atoms with Crippen molar-refractivity contribution in [3.63, 3.8) is 0 Å². The molecule has 9 heteroatoms. The standard InChI is InChI=1S/C30H41F3NO5/c1-3-4-5-8-11-14-25(35)15-12-9-6-7-10-13-16-26(29(2,39)28(37)38)27(36)34-22-21-23-17-19-24(20-18-23)30(31,32)33/h2,13,16-20,22,26,39H,3-12,14-15,21H2,1H3,(H,34,36)(H,37,38)/b16-13+/t26-,29+/m1/s1. The first kappa shape index (κ1) is 34.3. The number of hydrogen-bond donors (Lipinski definition) is 3. The van der Waals surface area contributed by atoms with Crippen LogP contribution in [0.25, 0.3) is 0 Å². The third-order valence-electron chi connectivity index (χ3n) is 6.43. The fourth-order valence-electron chi connectivity index (χ4n) is 3.98. The van der Waals surface area contributed by atoms with Gasteiger partial charge >= 0.3 is 12.1 Å². The number of amides is 1. The third-order valence-corrected chi connectivity index (χ3v) is 6.43. The van der Waals surface area contributed by atoms with E-state index in [0.29, 0.717) is 30.6 Å². The second kappa shape index (κ2) is 17.8. The van der Waals surface area contributed by atoms with Crippen molar-refractivity contribution in [2.45, 2.75) is 102 Å². The smallest absolute Gasteiger partial charge is 0.416 e. The van der Waals surface area contributed by atoms with E-state index in [1.807, 2.05) is 0 Å². The number of ketones is 1. The van der Waals surface area contributed by atoms with E-state index in [-0.39, 0.29) is 6.42 Å². The Hall–Kier alpha value is -2.68. The highest BCUT2D eigenvalue weighted by Gasteiger charge is 2.42. The van der Waals surface area contributed by atoms with Crippen LogP contribution in [0.2, 0.25) is 0 Å². The van der Waals surface area contributed by atoms with Crippen LogP contribution in [0.3, 0.4) is 0 Å². The molecule has 1 aromatic rings. The molecule has 217 valence electrons. The van der Waals surface area contributed by atoms with Crippen molar-refractivity contribution in [3.8, 4) is 0 Å². The van der Waals surface area contributed by atoms with E-state index in [9.17, 15) is 37.8 Å². The van der Waals surface area contributed by atoms with Gasteiger partial charge in [0.2, 0.25) is 5.91 Å². The average molecular weight is 553 g/mol. The predicted octanol–water partition coefficient (Wildman–Crippen LogP) is 6.50. The predicted molar refractivity (Wildman–Crippen MR) is 143 cm³/mol. The van der Waals surface area contributed by atoms with E-state index in [2.05, 4.69) is 12.2 Å². The molecule has 0 heterocycles. The van der Waals surface area contributed by atoms with Crippen molar-refractivity contribution >= 4 is 17.7 Å². The van der Waals surface area contributed by atoms with Crippen LogP contribution in [0.15, 0.2) is 36.4 Å². The summed E-state index contributed by atoms with van der Waals surface area (Å²) in [6, 6.07) is 4.38. The van der Waals surface area contributed by atoms with Crippen LogP contribution in [0.5, 0.6) is 0 Å². The van der Waals surface area contributed by atoms with Gasteiger partial charge in [-0.05, 0) is 49.8 Å². The van der Waals surface area contributed by atoms with Gasteiger partial charge in [0.1, 0.15) is 5.78 Å². The number of carbonyl (C=O) groups excluding carboxylic acids is 2. The SMILES string of the molecule is [CH][C@@](O)(C(=O)O)[C@H](/C=C/CCCCCCC(=O)CCCCCCC)C(=O)N[CH]Cc1ccc(C(F)(F)F)cc1. The number of halogens is 3. The number of unbranched alkanes of at least 4 members (excludes halogenated alkanes) is 8. The molecule has 0 unspecified atom stereocenters. The summed E-state index contributed by atoms with van der Waals surface area (Å²) in [5.74, 6) is -3.93. The molecule has 0 aromatic heterocycles. The van der Waals surface area contributed by atoms with Gasteiger partial charge in [-0.15, -0.1) is 0 Å². The molecule has 0 aliphatic rings. The number of carbonyl (C=O) groups is 3.